The molecule has 0 radical (unpaired) electrons. The van der Waals surface area contributed by atoms with Crippen LogP contribution in [0, 0.1) is 0 Å². The van der Waals surface area contributed by atoms with Crippen molar-refractivity contribution in [1.29, 1.82) is 0 Å². The molecule has 0 unspecified atom stereocenters. The molecular weight excluding hydrogens is 292 g/mol. The lowest BCUT2D eigenvalue weighted by Crippen LogP contribution is -2.47. The zero-order chi connectivity index (χ0) is 16.2. The molecule has 1 atom stereocenters. The van der Waals surface area contributed by atoms with E-state index in [1.807, 2.05) is 10.9 Å². The summed E-state index contributed by atoms with van der Waals surface area (Å²) in [6.45, 7) is 5.47. The number of aryl methyl sites for hydroxylation is 2. The van der Waals surface area contributed by atoms with E-state index < -0.39 is 0 Å². The van der Waals surface area contributed by atoms with Crippen LogP contribution < -0.4 is 15.8 Å². The van der Waals surface area contributed by atoms with Gasteiger partial charge in [0.25, 0.3) is 5.56 Å². The fraction of sp³-hybridized carbons (Fsp3) is 0.562. The molecule has 2 aromatic rings. The number of nitrogens with zero attached hydrogens (tertiary/aromatic N) is 5. The van der Waals surface area contributed by atoms with Gasteiger partial charge in [-0.2, -0.15) is 5.10 Å². The number of nitrogens with one attached hydrogen (secondary N) is 1. The summed E-state index contributed by atoms with van der Waals surface area (Å²) in [4.78, 5) is 18.6. The molecule has 124 valence electrons. The summed E-state index contributed by atoms with van der Waals surface area (Å²) in [5.74, 6) is 0.556. The van der Waals surface area contributed by atoms with Crippen LogP contribution in [0.1, 0.15) is 25.3 Å². The standard InChI is InChI=1S/C16H24N6O/c1-3-22-11-13(10-19-22)9-18-14-5-4-7-21(12-14)15-16(23)20(2)8-6-17-15/h6,8,10-11,14,18H,3-5,7,9,12H2,1-2H3/t14-/m0/s1. The summed E-state index contributed by atoms with van der Waals surface area (Å²) in [5.41, 5.74) is 1.16. The molecule has 0 bridgehead atoms. The Labute approximate surface area is 135 Å². The van der Waals surface area contributed by atoms with Crippen molar-refractivity contribution in [1.82, 2.24) is 24.6 Å². The van der Waals surface area contributed by atoms with Gasteiger partial charge >= 0.3 is 0 Å². The molecule has 0 spiro atoms. The lowest BCUT2D eigenvalue weighted by Gasteiger charge is -2.33. The first-order valence-electron chi connectivity index (χ1n) is 8.18. The molecule has 7 heteroatoms. The van der Waals surface area contributed by atoms with Crippen LogP contribution in [0.5, 0.6) is 0 Å². The summed E-state index contributed by atoms with van der Waals surface area (Å²) in [5, 5.41) is 7.87. The second-order valence-corrected chi connectivity index (χ2v) is 6.04. The predicted octanol–water partition coefficient (Wildman–Crippen LogP) is 0.755. The Kier molecular flexibility index (Phi) is 4.76. The van der Waals surface area contributed by atoms with Crippen molar-refractivity contribution >= 4 is 5.82 Å². The zero-order valence-electron chi connectivity index (χ0n) is 13.8. The van der Waals surface area contributed by atoms with Gasteiger partial charge in [0.1, 0.15) is 0 Å². The predicted molar refractivity (Wildman–Crippen MR) is 89.5 cm³/mol. The van der Waals surface area contributed by atoms with E-state index in [-0.39, 0.29) is 5.56 Å². The molecule has 1 aliphatic heterocycles. The highest BCUT2D eigenvalue weighted by atomic mass is 16.1. The van der Waals surface area contributed by atoms with Gasteiger partial charge < -0.3 is 14.8 Å². The molecule has 23 heavy (non-hydrogen) atoms. The van der Waals surface area contributed by atoms with Gasteiger partial charge in [0.2, 0.25) is 0 Å². The van der Waals surface area contributed by atoms with E-state index in [9.17, 15) is 4.79 Å². The Balaban J connectivity index is 1.62. The second kappa shape index (κ2) is 6.95. The monoisotopic (exact) mass is 316 g/mol. The molecule has 1 aliphatic rings. The number of hydrogen-bond donors (Lipinski definition) is 1. The maximum absolute atomic E-state index is 12.2. The summed E-state index contributed by atoms with van der Waals surface area (Å²) in [6.07, 6.45) is 9.54. The van der Waals surface area contributed by atoms with Crippen molar-refractivity contribution in [3.05, 3.63) is 40.7 Å². The molecule has 1 saturated heterocycles. The fourth-order valence-electron chi connectivity index (χ4n) is 2.97. The number of rotatable bonds is 5. The molecule has 2 aromatic heterocycles. The molecule has 0 saturated carbocycles. The van der Waals surface area contributed by atoms with Crippen molar-refractivity contribution in [2.24, 2.45) is 7.05 Å². The molecule has 3 heterocycles. The van der Waals surface area contributed by atoms with Gasteiger partial charge in [-0.1, -0.05) is 0 Å². The van der Waals surface area contributed by atoms with Gasteiger partial charge in [-0.15, -0.1) is 0 Å². The third-order valence-electron chi connectivity index (χ3n) is 4.33. The van der Waals surface area contributed by atoms with Crippen LogP contribution in [-0.2, 0) is 20.1 Å². The maximum Gasteiger partial charge on any atom is 0.293 e. The minimum atomic E-state index is -0.0302. The van der Waals surface area contributed by atoms with Crippen molar-refractivity contribution in [2.45, 2.75) is 38.9 Å². The van der Waals surface area contributed by atoms with Crippen LogP contribution in [0.4, 0.5) is 5.82 Å². The SMILES string of the molecule is CCn1cc(CN[C@H]2CCCN(c3nccn(C)c3=O)C2)cn1. The molecule has 0 aromatic carbocycles. The Morgan fingerprint density at radius 1 is 1.43 bits per heavy atom. The van der Waals surface area contributed by atoms with Gasteiger partial charge in [0.05, 0.1) is 6.20 Å². The molecule has 0 amide bonds. The molecule has 0 aliphatic carbocycles. The lowest BCUT2D eigenvalue weighted by molar-refractivity contribution is 0.419. The number of aromatic nitrogens is 4. The molecule has 1 fully saturated rings. The van der Waals surface area contributed by atoms with E-state index in [0.717, 1.165) is 39.0 Å². The average Bonchev–Trinajstić information content (AvgIpc) is 3.04. The van der Waals surface area contributed by atoms with E-state index in [4.69, 9.17) is 0 Å². The van der Waals surface area contributed by atoms with E-state index >= 15 is 0 Å². The normalized spacial score (nSPS) is 18.3. The van der Waals surface area contributed by atoms with Crippen molar-refractivity contribution in [2.75, 3.05) is 18.0 Å². The third-order valence-corrected chi connectivity index (χ3v) is 4.33. The Morgan fingerprint density at radius 2 is 2.30 bits per heavy atom. The van der Waals surface area contributed by atoms with Crippen LogP contribution >= 0.6 is 0 Å². The Morgan fingerprint density at radius 3 is 3.09 bits per heavy atom. The number of piperidine rings is 1. The van der Waals surface area contributed by atoms with Crippen molar-refractivity contribution < 1.29 is 0 Å². The minimum absolute atomic E-state index is 0.0302. The van der Waals surface area contributed by atoms with Crippen molar-refractivity contribution in [3.63, 3.8) is 0 Å². The van der Waals surface area contributed by atoms with Crippen LogP contribution in [0.15, 0.2) is 29.6 Å². The van der Waals surface area contributed by atoms with Crippen LogP contribution in [0.25, 0.3) is 0 Å². The molecular formula is C16H24N6O. The summed E-state index contributed by atoms with van der Waals surface area (Å²) >= 11 is 0. The quantitative estimate of drug-likeness (QED) is 0.882. The first-order chi connectivity index (χ1) is 11.2. The van der Waals surface area contributed by atoms with Gasteiger partial charge in [-0.05, 0) is 19.8 Å². The first-order valence-corrected chi connectivity index (χ1v) is 8.18. The molecule has 7 nitrogen and oxygen atoms in total. The van der Waals surface area contributed by atoms with Gasteiger partial charge in [0.15, 0.2) is 5.82 Å². The van der Waals surface area contributed by atoms with Gasteiger partial charge in [-0.25, -0.2) is 4.98 Å². The van der Waals surface area contributed by atoms with Crippen LogP contribution in [0.3, 0.4) is 0 Å². The third kappa shape index (κ3) is 3.61. The molecule has 3 rings (SSSR count). The Hall–Kier alpha value is -2.15. The van der Waals surface area contributed by atoms with Gasteiger partial charge in [-0.3, -0.25) is 9.48 Å². The number of hydrogen-bond acceptors (Lipinski definition) is 5. The minimum Gasteiger partial charge on any atom is -0.350 e. The largest absolute Gasteiger partial charge is 0.350 e. The molecule has 1 N–H and O–H groups in total. The zero-order valence-corrected chi connectivity index (χ0v) is 13.8. The van der Waals surface area contributed by atoms with Gasteiger partial charge in [0, 0.05) is 63.4 Å². The highest BCUT2D eigenvalue weighted by molar-refractivity contribution is 5.36. The van der Waals surface area contributed by atoms with Crippen LogP contribution in [0.2, 0.25) is 0 Å². The highest BCUT2D eigenvalue weighted by Crippen LogP contribution is 2.15. The van der Waals surface area contributed by atoms with E-state index in [1.54, 1.807) is 24.0 Å². The maximum atomic E-state index is 12.2. The van der Waals surface area contributed by atoms with E-state index in [2.05, 4.69) is 33.4 Å². The first kappa shape index (κ1) is 15.7. The Bertz CT molecular complexity index is 707. The topological polar surface area (TPSA) is 68.0 Å². The fourth-order valence-corrected chi connectivity index (χ4v) is 2.97. The van der Waals surface area contributed by atoms with Crippen LogP contribution in [-0.4, -0.2) is 38.5 Å². The van der Waals surface area contributed by atoms with Crippen molar-refractivity contribution in [3.8, 4) is 0 Å². The number of anilines is 1. The average molecular weight is 316 g/mol. The highest BCUT2D eigenvalue weighted by Gasteiger charge is 2.22. The summed E-state index contributed by atoms with van der Waals surface area (Å²) in [6, 6.07) is 0.362. The summed E-state index contributed by atoms with van der Waals surface area (Å²) < 4.78 is 3.51. The second-order valence-electron chi connectivity index (χ2n) is 6.04. The lowest BCUT2D eigenvalue weighted by atomic mass is 10.1. The van der Waals surface area contributed by atoms with E-state index in [1.165, 1.54) is 5.56 Å². The van der Waals surface area contributed by atoms with E-state index in [0.29, 0.717) is 11.9 Å². The smallest absolute Gasteiger partial charge is 0.293 e. The summed E-state index contributed by atoms with van der Waals surface area (Å²) in [7, 11) is 1.76.